The van der Waals surface area contributed by atoms with Gasteiger partial charge < -0.3 is 35.1 Å². The van der Waals surface area contributed by atoms with Crippen LogP contribution in [0.2, 0.25) is 5.15 Å². The van der Waals surface area contributed by atoms with Gasteiger partial charge in [0.1, 0.15) is 24.8 Å². The maximum atomic E-state index is 11.5. The zero-order valence-electron chi connectivity index (χ0n) is 25.3. The first-order valence-corrected chi connectivity index (χ1v) is 15.0. The number of ether oxygens (including phenoxy) is 2. The minimum atomic E-state index is -0.322. The summed E-state index contributed by atoms with van der Waals surface area (Å²) in [6.07, 6.45) is 4.20. The molecular formula is C28H38BClN8O6. The van der Waals surface area contributed by atoms with Crippen LogP contribution in [0.25, 0.3) is 0 Å². The van der Waals surface area contributed by atoms with Crippen molar-refractivity contribution in [1.82, 2.24) is 30.2 Å². The molecule has 16 heteroatoms. The van der Waals surface area contributed by atoms with Gasteiger partial charge in [-0.25, -0.2) is 9.59 Å². The molecule has 0 aromatic carbocycles. The first kappa shape index (κ1) is 31.7. The van der Waals surface area contributed by atoms with Crippen LogP contribution in [0.3, 0.4) is 0 Å². The van der Waals surface area contributed by atoms with E-state index < -0.39 is 0 Å². The average molecular weight is 629 g/mol. The fraction of sp³-hybridized carbons (Fsp3) is 0.571. The highest BCUT2D eigenvalue weighted by Gasteiger charge is 2.53. The minimum Gasteiger partial charge on any atom is -0.447 e. The van der Waals surface area contributed by atoms with Crippen LogP contribution in [-0.2, 0) is 18.8 Å². The molecule has 0 bridgehead atoms. The second kappa shape index (κ2) is 12.7. The van der Waals surface area contributed by atoms with Gasteiger partial charge >= 0.3 is 19.3 Å². The van der Waals surface area contributed by atoms with E-state index in [9.17, 15) is 9.59 Å². The third kappa shape index (κ3) is 7.00. The predicted octanol–water partition coefficient (Wildman–Crippen LogP) is 3.24. The predicted molar refractivity (Wildman–Crippen MR) is 162 cm³/mol. The molecule has 5 aliphatic rings. The van der Waals surface area contributed by atoms with Crippen LogP contribution in [-0.4, -0.2) is 99.1 Å². The Bertz CT molecular complexity index is 1340. The largest absolute Gasteiger partial charge is 0.490 e. The number of carbonyl (C=O) groups is 2. The number of amides is 2. The van der Waals surface area contributed by atoms with E-state index in [0.29, 0.717) is 42.5 Å². The Morgan fingerprint density at radius 1 is 0.864 bits per heavy atom. The van der Waals surface area contributed by atoms with Crippen LogP contribution in [0.5, 0.6) is 0 Å². The van der Waals surface area contributed by atoms with Crippen molar-refractivity contribution in [3.8, 4) is 0 Å². The number of piperidine rings is 1. The molecule has 0 aliphatic carbocycles. The Hall–Kier alpha value is -3.69. The van der Waals surface area contributed by atoms with E-state index in [0.717, 1.165) is 37.0 Å². The number of nitrogen functional groups attached to an aromatic ring is 2. The molecule has 7 heterocycles. The lowest BCUT2D eigenvalue weighted by Gasteiger charge is -2.32. The summed E-state index contributed by atoms with van der Waals surface area (Å²) in [6.45, 7) is 10.5. The summed E-state index contributed by atoms with van der Waals surface area (Å²) in [5.74, 6) is 1.17. The summed E-state index contributed by atoms with van der Waals surface area (Å²) >= 11 is 5.38. The molecule has 4 fully saturated rings. The fourth-order valence-corrected chi connectivity index (χ4v) is 5.61. The van der Waals surface area contributed by atoms with E-state index in [1.165, 1.54) is 0 Å². The number of aromatic nitrogens is 4. The molecule has 4 saturated heterocycles. The van der Waals surface area contributed by atoms with Crippen LogP contribution in [0.4, 0.5) is 21.2 Å². The van der Waals surface area contributed by atoms with E-state index in [1.54, 1.807) is 28.0 Å². The topological polar surface area (TPSA) is 181 Å². The maximum absolute atomic E-state index is 11.5. The molecule has 0 spiro atoms. The van der Waals surface area contributed by atoms with Crippen LogP contribution in [0.1, 0.15) is 58.6 Å². The quantitative estimate of drug-likeness (QED) is 0.464. The maximum Gasteiger partial charge on any atom is 0.490 e. The highest BCUT2D eigenvalue weighted by molar-refractivity contribution is 6.54. The number of rotatable bonds is 2. The molecule has 4 N–H and O–H groups in total. The van der Waals surface area contributed by atoms with Crippen molar-refractivity contribution in [2.45, 2.75) is 76.2 Å². The molecule has 0 radical (unpaired) electrons. The molecule has 3 atom stereocenters. The number of cyclic esters (lactones) is 2. The molecule has 236 valence electrons. The number of halogens is 1. The van der Waals surface area contributed by atoms with Crippen molar-refractivity contribution < 1.29 is 28.4 Å². The van der Waals surface area contributed by atoms with Gasteiger partial charge in [-0.1, -0.05) is 17.7 Å². The Morgan fingerprint density at radius 2 is 1.48 bits per heavy atom. The van der Waals surface area contributed by atoms with E-state index >= 15 is 0 Å². The van der Waals surface area contributed by atoms with E-state index in [2.05, 4.69) is 20.4 Å². The Balaban J connectivity index is 0.000000141. The second-order valence-corrected chi connectivity index (χ2v) is 12.7. The number of carbonyl (C=O) groups excluding carboxylic acids is 2. The SMILES string of the molecule is CC1(C)OB(C2=CCN3C(=O)OC[C@@H]3C2)OC1(C)C.Nc1ccc(C2CCN3C(=O)OC[C@@H]3C2)nn1.Nc1ccc(Cl)nn1. The summed E-state index contributed by atoms with van der Waals surface area (Å²) < 4.78 is 22.2. The molecule has 2 aromatic heterocycles. The van der Waals surface area contributed by atoms with Crippen molar-refractivity contribution in [2.24, 2.45) is 0 Å². The number of anilines is 2. The third-order valence-corrected chi connectivity index (χ3v) is 8.98. The standard InChI is InChI=1S/C13H20BNO4.C11H14N4O2.C4H4ClN3/c1-12(2)13(3,4)19-14(18-12)9-5-6-15-10(7-9)8-17-11(15)16;12-10-2-1-9(13-14-10)7-3-4-15-8(5-7)6-17-11(15)16;5-3-1-2-4(6)8-7-3/h5,10H,6-8H2,1-4H3;1-2,7-8H,3-6H2,(H2,12,14);1-2H,(H2,6,8)/t10-;7?,8-;/m00./s1. The summed E-state index contributed by atoms with van der Waals surface area (Å²) in [4.78, 5) is 26.4. The van der Waals surface area contributed by atoms with Gasteiger partial charge in [0.15, 0.2) is 5.15 Å². The molecule has 0 saturated carbocycles. The molecule has 2 amide bonds. The highest BCUT2D eigenvalue weighted by Crippen LogP contribution is 2.40. The van der Waals surface area contributed by atoms with Gasteiger partial charge in [-0.3, -0.25) is 4.90 Å². The number of hydrogen-bond donors (Lipinski definition) is 2. The number of hydrogen-bond acceptors (Lipinski definition) is 12. The van der Waals surface area contributed by atoms with Gasteiger partial charge in [-0.15, -0.1) is 15.3 Å². The molecule has 14 nitrogen and oxygen atoms in total. The van der Waals surface area contributed by atoms with Gasteiger partial charge in [0.05, 0.1) is 29.0 Å². The molecule has 5 aliphatic heterocycles. The van der Waals surface area contributed by atoms with Crippen LogP contribution < -0.4 is 11.5 Å². The normalized spacial score (nSPS) is 26.2. The number of nitrogens with two attached hydrogens (primary N) is 2. The highest BCUT2D eigenvalue weighted by atomic mass is 35.5. The first-order chi connectivity index (χ1) is 20.8. The van der Waals surface area contributed by atoms with Gasteiger partial charge in [0, 0.05) is 19.0 Å². The van der Waals surface area contributed by atoms with Crippen LogP contribution in [0.15, 0.2) is 35.8 Å². The summed E-state index contributed by atoms with van der Waals surface area (Å²) in [6, 6.07) is 7.19. The van der Waals surface area contributed by atoms with Gasteiger partial charge in [-0.2, -0.15) is 5.10 Å². The Labute approximate surface area is 261 Å². The van der Waals surface area contributed by atoms with Crippen molar-refractivity contribution in [3.05, 3.63) is 46.7 Å². The van der Waals surface area contributed by atoms with Crippen LogP contribution in [0, 0.1) is 0 Å². The van der Waals surface area contributed by atoms with Gasteiger partial charge in [0.2, 0.25) is 0 Å². The number of nitrogens with zero attached hydrogens (tertiary/aromatic N) is 6. The number of fused-ring (bicyclic) bond motifs is 2. The molecular weight excluding hydrogens is 591 g/mol. The van der Waals surface area contributed by atoms with E-state index in [4.69, 9.17) is 41.9 Å². The lowest BCUT2D eigenvalue weighted by Crippen LogP contribution is -2.41. The minimum absolute atomic E-state index is 0.131. The molecule has 2 aromatic rings. The summed E-state index contributed by atoms with van der Waals surface area (Å²) in [7, 11) is -0.303. The van der Waals surface area contributed by atoms with Crippen LogP contribution >= 0.6 is 11.6 Å². The molecule has 7 rings (SSSR count). The smallest absolute Gasteiger partial charge is 0.447 e. The fourth-order valence-electron chi connectivity index (χ4n) is 5.51. The van der Waals surface area contributed by atoms with Gasteiger partial charge in [0.25, 0.3) is 0 Å². The monoisotopic (exact) mass is 628 g/mol. The van der Waals surface area contributed by atoms with Crippen molar-refractivity contribution in [2.75, 3.05) is 37.8 Å². The van der Waals surface area contributed by atoms with E-state index in [-0.39, 0.29) is 42.6 Å². The third-order valence-electron chi connectivity index (χ3n) is 8.78. The lowest BCUT2D eigenvalue weighted by atomic mass is 9.73. The van der Waals surface area contributed by atoms with Gasteiger partial charge in [-0.05, 0) is 76.7 Å². The average Bonchev–Trinajstić information content (AvgIpc) is 3.62. The first-order valence-electron chi connectivity index (χ1n) is 14.6. The Kier molecular flexibility index (Phi) is 9.19. The lowest BCUT2D eigenvalue weighted by molar-refractivity contribution is 0.00578. The molecule has 1 unspecified atom stereocenters. The zero-order chi connectivity index (χ0) is 31.6. The van der Waals surface area contributed by atoms with E-state index in [1.807, 2.05) is 39.8 Å². The summed E-state index contributed by atoms with van der Waals surface area (Å²) in [5.41, 5.74) is 12.1. The van der Waals surface area contributed by atoms with Crippen molar-refractivity contribution in [3.63, 3.8) is 0 Å². The van der Waals surface area contributed by atoms with Crippen molar-refractivity contribution in [1.29, 1.82) is 0 Å². The Morgan fingerprint density at radius 3 is 2.07 bits per heavy atom. The molecule has 44 heavy (non-hydrogen) atoms. The van der Waals surface area contributed by atoms with Crippen molar-refractivity contribution >= 4 is 42.5 Å². The zero-order valence-corrected chi connectivity index (χ0v) is 26.1. The second-order valence-electron chi connectivity index (χ2n) is 12.3. The summed E-state index contributed by atoms with van der Waals surface area (Å²) in [5, 5.41) is 15.3.